The number of aliphatic hydroxyl groups is 1. The SMILES string of the molecule is CCC(C)(CCC(C)C1CCC2C3CC=C4CC(O)CCC4(C)C3CCC12C)C(C)C. The van der Waals surface area contributed by atoms with Gasteiger partial charge >= 0.3 is 0 Å². The highest BCUT2D eigenvalue weighted by atomic mass is 16.3. The first-order valence-corrected chi connectivity index (χ1v) is 13.9. The van der Waals surface area contributed by atoms with Crippen molar-refractivity contribution in [3.63, 3.8) is 0 Å². The van der Waals surface area contributed by atoms with Crippen LogP contribution in [0.3, 0.4) is 0 Å². The number of hydrogen-bond acceptors (Lipinski definition) is 1. The second-order valence-electron chi connectivity index (χ2n) is 13.6. The highest BCUT2D eigenvalue weighted by Crippen LogP contribution is 2.67. The number of hydrogen-bond donors (Lipinski definition) is 1. The van der Waals surface area contributed by atoms with Gasteiger partial charge in [-0.15, -0.1) is 0 Å². The normalized spacial score (nSPS) is 45.3. The van der Waals surface area contributed by atoms with Gasteiger partial charge in [0.05, 0.1) is 6.10 Å². The molecule has 0 aromatic carbocycles. The minimum Gasteiger partial charge on any atom is -0.393 e. The van der Waals surface area contributed by atoms with Crippen LogP contribution in [0.2, 0.25) is 0 Å². The molecule has 0 heterocycles. The minimum absolute atomic E-state index is 0.0823. The number of allylic oxidation sites excluding steroid dienone is 1. The molecule has 0 amide bonds. The Morgan fingerprint density at radius 1 is 1.06 bits per heavy atom. The molecule has 1 heteroatoms. The summed E-state index contributed by atoms with van der Waals surface area (Å²) in [7, 11) is 0. The van der Waals surface area contributed by atoms with Gasteiger partial charge in [0.1, 0.15) is 0 Å². The minimum atomic E-state index is -0.0823. The quantitative estimate of drug-likeness (QED) is 0.421. The van der Waals surface area contributed by atoms with Crippen LogP contribution in [0, 0.1) is 51.8 Å². The van der Waals surface area contributed by atoms with E-state index in [2.05, 4.69) is 54.5 Å². The van der Waals surface area contributed by atoms with Crippen LogP contribution in [0.15, 0.2) is 11.6 Å². The summed E-state index contributed by atoms with van der Waals surface area (Å²) in [5.41, 5.74) is 3.08. The second-order valence-corrected chi connectivity index (χ2v) is 13.6. The van der Waals surface area contributed by atoms with Crippen LogP contribution < -0.4 is 0 Å². The number of fused-ring (bicyclic) bond motifs is 5. The van der Waals surface area contributed by atoms with Gasteiger partial charge < -0.3 is 5.11 Å². The fraction of sp³-hybridized carbons (Fsp3) is 0.933. The molecule has 0 bridgehead atoms. The van der Waals surface area contributed by atoms with Crippen molar-refractivity contribution in [2.75, 3.05) is 0 Å². The summed E-state index contributed by atoms with van der Waals surface area (Å²) in [5.74, 6) is 5.28. The molecule has 1 N–H and O–H groups in total. The van der Waals surface area contributed by atoms with E-state index in [0.717, 1.165) is 48.3 Å². The summed E-state index contributed by atoms with van der Waals surface area (Å²) in [6.07, 6.45) is 17.0. The van der Waals surface area contributed by atoms with E-state index in [4.69, 9.17) is 0 Å². The third-order valence-corrected chi connectivity index (χ3v) is 12.2. The van der Waals surface area contributed by atoms with Crippen molar-refractivity contribution in [1.29, 1.82) is 0 Å². The van der Waals surface area contributed by atoms with Crippen molar-refractivity contribution < 1.29 is 5.11 Å². The Hall–Kier alpha value is -0.300. The van der Waals surface area contributed by atoms with E-state index < -0.39 is 0 Å². The van der Waals surface area contributed by atoms with E-state index in [-0.39, 0.29) is 6.10 Å². The van der Waals surface area contributed by atoms with Crippen LogP contribution in [0.25, 0.3) is 0 Å². The maximum absolute atomic E-state index is 10.3. The van der Waals surface area contributed by atoms with Crippen LogP contribution >= 0.6 is 0 Å². The van der Waals surface area contributed by atoms with Crippen molar-refractivity contribution in [2.45, 2.75) is 125 Å². The molecule has 4 aliphatic rings. The van der Waals surface area contributed by atoms with Crippen molar-refractivity contribution in [1.82, 2.24) is 0 Å². The molecule has 4 aliphatic carbocycles. The molecule has 31 heavy (non-hydrogen) atoms. The lowest BCUT2D eigenvalue weighted by atomic mass is 9.47. The highest BCUT2D eigenvalue weighted by molar-refractivity contribution is 5.25. The van der Waals surface area contributed by atoms with E-state index in [0.29, 0.717) is 16.2 Å². The average molecular weight is 429 g/mol. The van der Waals surface area contributed by atoms with E-state index in [9.17, 15) is 5.11 Å². The third kappa shape index (κ3) is 3.87. The first-order valence-electron chi connectivity index (χ1n) is 13.9. The Bertz CT molecular complexity index is 678. The van der Waals surface area contributed by atoms with Crippen molar-refractivity contribution >= 4 is 0 Å². The molecule has 0 aromatic heterocycles. The van der Waals surface area contributed by atoms with Crippen LogP contribution in [0.1, 0.15) is 119 Å². The van der Waals surface area contributed by atoms with Gasteiger partial charge in [0.2, 0.25) is 0 Å². The fourth-order valence-corrected chi connectivity index (χ4v) is 9.25. The second kappa shape index (κ2) is 8.48. The van der Waals surface area contributed by atoms with Gasteiger partial charge in [0.15, 0.2) is 0 Å². The van der Waals surface area contributed by atoms with Gasteiger partial charge in [0.25, 0.3) is 0 Å². The van der Waals surface area contributed by atoms with Crippen molar-refractivity contribution in [3.05, 3.63) is 11.6 Å². The fourth-order valence-electron chi connectivity index (χ4n) is 9.25. The molecule has 178 valence electrons. The van der Waals surface area contributed by atoms with Gasteiger partial charge in [0, 0.05) is 0 Å². The van der Waals surface area contributed by atoms with Gasteiger partial charge in [-0.2, -0.15) is 0 Å². The summed E-state index contributed by atoms with van der Waals surface area (Å²) in [6.45, 7) is 17.7. The molecule has 0 saturated heterocycles. The average Bonchev–Trinajstić information content (AvgIpc) is 3.09. The molecule has 1 nitrogen and oxygen atoms in total. The lowest BCUT2D eigenvalue weighted by Crippen LogP contribution is -2.50. The lowest BCUT2D eigenvalue weighted by Gasteiger charge is -2.58. The Morgan fingerprint density at radius 3 is 2.48 bits per heavy atom. The smallest absolute Gasteiger partial charge is 0.0577 e. The summed E-state index contributed by atoms with van der Waals surface area (Å²) in [5, 5.41) is 10.3. The van der Waals surface area contributed by atoms with E-state index >= 15 is 0 Å². The summed E-state index contributed by atoms with van der Waals surface area (Å²) >= 11 is 0. The molecular formula is C30H52O. The van der Waals surface area contributed by atoms with Crippen LogP contribution in [-0.4, -0.2) is 11.2 Å². The third-order valence-electron chi connectivity index (χ3n) is 12.2. The number of aliphatic hydroxyl groups excluding tert-OH is 1. The molecule has 9 unspecified atom stereocenters. The first kappa shape index (κ1) is 23.8. The predicted molar refractivity (Wildman–Crippen MR) is 133 cm³/mol. The summed E-state index contributed by atoms with van der Waals surface area (Å²) in [4.78, 5) is 0. The maximum Gasteiger partial charge on any atom is 0.0577 e. The molecule has 0 aliphatic heterocycles. The maximum atomic E-state index is 10.3. The van der Waals surface area contributed by atoms with E-state index in [1.807, 2.05) is 0 Å². The Labute approximate surface area is 193 Å². The van der Waals surface area contributed by atoms with E-state index in [1.165, 1.54) is 57.8 Å². The molecule has 3 saturated carbocycles. The molecule has 0 radical (unpaired) electrons. The van der Waals surface area contributed by atoms with Gasteiger partial charge in [-0.3, -0.25) is 0 Å². The first-order chi connectivity index (χ1) is 14.5. The Morgan fingerprint density at radius 2 is 1.81 bits per heavy atom. The monoisotopic (exact) mass is 428 g/mol. The van der Waals surface area contributed by atoms with Crippen LogP contribution in [-0.2, 0) is 0 Å². The zero-order valence-electron chi connectivity index (χ0n) is 21.8. The van der Waals surface area contributed by atoms with Gasteiger partial charge in [-0.1, -0.05) is 66.5 Å². The van der Waals surface area contributed by atoms with Crippen LogP contribution in [0.5, 0.6) is 0 Å². The van der Waals surface area contributed by atoms with E-state index in [1.54, 1.807) is 5.57 Å². The summed E-state index contributed by atoms with van der Waals surface area (Å²) in [6, 6.07) is 0. The van der Waals surface area contributed by atoms with Crippen molar-refractivity contribution in [3.8, 4) is 0 Å². The zero-order valence-corrected chi connectivity index (χ0v) is 21.8. The Kier molecular flexibility index (Phi) is 6.53. The molecule has 0 spiro atoms. The number of rotatable bonds is 6. The topological polar surface area (TPSA) is 20.2 Å². The van der Waals surface area contributed by atoms with Crippen LogP contribution in [0.4, 0.5) is 0 Å². The largest absolute Gasteiger partial charge is 0.393 e. The molecular weight excluding hydrogens is 376 g/mol. The van der Waals surface area contributed by atoms with Crippen molar-refractivity contribution in [2.24, 2.45) is 51.8 Å². The Balaban J connectivity index is 1.48. The lowest BCUT2D eigenvalue weighted by molar-refractivity contribution is -0.0579. The highest BCUT2D eigenvalue weighted by Gasteiger charge is 2.59. The molecule has 3 fully saturated rings. The van der Waals surface area contributed by atoms with Gasteiger partial charge in [-0.05, 0) is 116 Å². The molecule has 4 rings (SSSR count). The standard InChI is InChI=1S/C30H52O/c1-8-28(5,20(2)3)16-13-21(4)25-11-12-26-24-10-9-22-19-23(31)14-17-29(22,6)27(24)15-18-30(25,26)7/h9,20-21,23-27,31H,8,10-19H2,1-7H3. The molecule has 0 aromatic rings. The molecule has 9 atom stereocenters. The summed E-state index contributed by atoms with van der Waals surface area (Å²) < 4.78 is 0. The zero-order chi connectivity index (χ0) is 22.6. The predicted octanol–water partition coefficient (Wildman–Crippen LogP) is 8.41. The van der Waals surface area contributed by atoms with Gasteiger partial charge in [-0.25, -0.2) is 0 Å².